The van der Waals surface area contributed by atoms with E-state index in [1.165, 1.54) is 12.1 Å². The fourth-order valence-electron chi connectivity index (χ4n) is 1.84. The molecule has 0 amide bonds. The number of hydrogen-bond acceptors (Lipinski definition) is 5. The lowest BCUT2D eigenvalue weighted by atomic mass is 10.2. The second-order valence-electron chi connectivity index (χ2n) is 4.76. The molecule has 6 nitrogen and oxygen atoms in total. The predicted molar refractivity (Wildman–Crippen MR) is 82.4 cm³/mol. The van der Waals surface area contributed by atoms with Crippen LogP contribution in [0.3, 0.4) is 0 Å². The monoisotopic (exact) mass is 300 g/mol. The van der Waals surface area contributed by atoms with Gasteiger partial charge in [0, 0.05) is 17.8 Å². The van der Waals surface area contributed by atoms with E-state index in [0.29, 0.717) is 5.69 Å². The van der Waals surface area contributed by atoms with Gasteiger partial charge in [0.05, 0.1) is 4.92 Å². The molecule has 6 heteroatoms. The van der Waals surface area contributed by atoms with Crippen molar-refractivity contribution >= 4 is 17.3 Å². The number of hydrogen-bond donors (Lipinski definition) is 1. The van der Waals surface area contributed by atoms with Gasteiger partial charge in [0.1, 0.15) is 12.6 Å². The minimum Gasteiger partial charge on any atom is -0.459 e. The van der Waals surface area contributed by atoms with Crippen LogP contribution in [0, 0.1) is 10.1 Å². The Bertz CT molecular complexity index is 641. The van der Waals surface area contributed by atoms with Crippen molar-refractivity contribution in [2.75, 3.05) is 5.32 Å². The lowest BCUT2D eigenvalue weighted by Gasteiger charge is -2.14. The van der Waals surface area contributed by atoms with E-state index in [2.05, 4.69) is 5.32 Å². The normalized spacial score (nSPS) is 11.5. The number of anilines is 1. The van der Waals surface area contributed by atoms with E-state index in [1.807, 2.05) is 30.3 Å². The van der Waals surface area contributed by atoms with Gasteiger partial charge in [0.2, 0.25) is 0 Å². The maximum atomic E-state index is 11.9. The molecule has 114 valence electrons. The summed E-state index contributed by atoms with van der Waals surface area (Å²) >= 11 is 0. The van der Waals surface area contributed by atoms with Gasteiger partial charge in [-0.1, -0.05) is 30.3 Å². The number of benzene rings is 2. The third-order valence-electron chi connectivity index (χ3n) is 3.04. The molecule has 0 fully saturated rings. The average molecular weight is 300 g/mol. The van der Waals surface area contributed by atoms with Crippen molar-refractivity contribution in [3.63, 3.8) is 0 Å². The SMILES string of the molecule is C[C@H](Nc1ccc([N+](=O)[O-])cc1)C(=O)OCc1ccccc1. The van der Waals surface area contributed by atoms with Gasteiger partial charge in [0.15, 0.2) is 0 Å². The first-order valence-corrected chi connectivity index (χ1v) is 6.78. The van der Waals surface area contributed by atoms with E-state index < -0.39 is 11.0 Å². The summed E-state index contributed by atoms with van der Waals surface area (Å²) in [5, 5.41) is 13.5. The smallest absolute Gasteiger partial charge is 0.328 e. The zero-order valence-electron chi connectivity index (χ0n) is 12.1. The lowest BCUT2D eigenvalue weighted by Crippen LogP contribution is -2.28. The molecular formula is C16H16N2O4. The third kappa shape index (κ3) is 4.31. The van der Waals surface area contributed by atoms with Gasteiger partial charge >= 0.3 is 5.97 Å². The molecule has 0 aromatic heterocycles. The van der Waals surface area contributed by atoms with E-state index in [1.54, 1.807) is 19.1 Å². The van der Waals surface area contributed by atoms with Crippen molar-refractivity contribution in [3.8, 4) is 0 Å². The van der Waals surface area contributed by atoms with Crippen molar-refractivity contribution in [1.29, 1.82) is 0 Å². The van der Waals surface area contributed by atoms with Gasteiger partial charge in [-0.25, -0.2) is 4.79 Å². The van der Waals surface area contributed by atoms with Crippen molar-refractivity contribution in [2.24, 2.45) is 0 Å². The highest BCUT2D eigenvalue weighted by atomic mass is 16.6. The summed E-state index contributed by atoms with van der Waals surface area (Å²) in [5.41, 5.74) is 1.54. The van der Waals surface area contributed by atoms with Crippen LogP contribution in [0.1, 0.15) is 12.5 Å². The summed E-state index contributed by atoms with van der Waals surface area (Å²) in [6.45, 7) is 1.89. The first-order chi connectivity index (χ1) is 10.6. The molecule has 2 rings (SSSR count). The number of esters is 1. The van der Waals surface area contributed by atoms with Gasteiger partial charge < -0.3 is 10.1 Å². The Labute approximate surface area is 127 Å². The zero-order chi connectivity index (χ0) is 15.9. The van der Waals surface area contributed by atoms with Crippen LogP contribution in [0.25, 0.3) is 0 Å². The van der Waals surface area contributed by atoms with Crippen molar-refractivity contribution in [1.82, 2.24) is 0 Å². The summed E-state index contributed by atoms with van der Waals surface area (Å²) < 4.78 is 5.21. The minimum absolute atomic E-state index is 0.00450. The van der Waals surface area contributed by atoms with E-state index in [4.69, 9.17) is 4.74 Å². The number of nitro groups is 1. The summed E-state index contributed by atoms with van der Waals surface area (Å²) in [7, 11) is 0. The van der Waals surface area contributed by atoms with E-state index >= 15 is 0 Å². The summed E-state index contributed by atoms with van der Waals surface area (Å²) in [6.07, 6.45) is 0. The van der Waals surface area contributed by atoms with Crippen LogP contribution in [-0.2, 0) is 16.1 Å². The molecule has 2 aromatic carbocycles. The largest absolute Gasteiger partial charge is 0.459 e. The molecule has 0 aliphatic carbocycles. The molecule has 0 saturated carbocycles. The molecule has 0 heterocycles. The maximum Gasteiger partial charge on any atom is 0.328 e. The highest BCUT2D eigenvalue weighted by molar-refractivity contribution is 5.78. The van der Waals surface area contributed by atoms with Crippen LogP contribution >= 0.6 is 0 Å². The molecule has 0 saturated heterocycles. The quantitative estimate of drug-likeness (QED) is 0.503. The second-order valence-corrected chi connectivity index (χ2v) is 4.76. The molecular weight excluding hydrogens is 284 g/mol. The topological polar surface area (TPSA) is 81.5 Å². The molecule has 0 aliphatic rings. The Morgan fingerprint density at radius 1 is 1.18 bits per heavy atom. The molecule has 0 bridgehead atoms. The van der Waals surface area contributed by atoms with Gasteiger partial charge in [-0.05, 0) is 24.6 Å². The van der Waals surface area contributed by atoms with Crippen LogP contribution in [0.2, 0.25) is 0 Å². The average Bonchev–Trinajstić information content (AvgIpc) is 2.54. The number of carbonyl (C=O) groups is 1. The Balaban J connectivity index is 1.86. The fourth-order valence-corrected chi connectivity index (χ4v) is 1.84. The molecule has 0 spiro atoms. The standard InChI is InChI=1S/C16H16N2O4/c1-12(16(19)22-11-13-5-3-2-4-6-13)17-14-7-9-15(10-8-14)18(20)21/h2-10,12,17H,11H2,1H3/t12-/m0/s1. The molecule has 1 atom stereocenters. The van der Waals surface area contributed by atoms with Crippen LogP contribution in [-0.4, -0.2) is 16.9 Å². The fraction of sp³-hybridized carbons (Fsp3) is 0.188. The Kier molecular flexibility index (Phi) is 5.08. The number of nitrogens with zero attached hydrogens (tertiary/aromatic N) is 1. The maximum absolute atomic E-state index is 11.9. The second kappa shape index (κ2) is 7.21. The van der Waals surface area contributed by atoms with Gasteiger partial charge in [-0.15, -0.1) is 0 Å². The van der Waals surface area contributed by atoms with E-state index in [-0.39, 0.29) is 18.3 Å². The van der Waals surface area contributed by atoms with Crippen LogP contribution in [0.4, 0.5) is 11.4 Å². The number of nitrogens with one attached hydrogen (secondary N) is 1. The number of rotatable bonds is 6. The van der Waals surface area contributed by atoms with Gasteiger partial charge in [-0.3, -0.25) is 10.1 Å². The van der Waals surface area contributed by atoms with Crippen molar-refractivity contribution in [2.45, 2.75) is 19.6 Å². The Morgan fingerprint density at radius 3 is 2.41 bits per heavy atom. The molecule has 0 aliphatic heterocycles. The highest BCUT2D eigenvalue weighted by Crippen LogP contribution is 2.16. The Hall–Kier alpha value is -2.89. The van der Waals surface area contributed by atoms with Gasteiger partial charge in [-0.2, -0.15) is 0 Å². The van der Waals surface area contributed by atoms with Crippen LogP contribution < -0.4 is 5.32 Å². The summed E-state index contributed by atoms with van der Waals surface area (Å²) in [4.78, 5) is 22.0. The van der Waals surface area contributed by atoms with Gasteiger partial charge in [0.25, 0.3) is 5.69 Å². The molecule has 1 N–H and O–H groups in total. The Morgan fingerprint density at radius 2 is 1.82 bits per heavy atom. The summed E-state index contributed by atoms with van der Waals surface area (Å²) in [6, 6.07) is 14.7. The third-order valence-corrected chi connectivity index (χ3v) is 3.04. The number of ether oxygens (including phenoxy) is 1. The first-order valence-electron chi connectivity index (χ1n) is 6.78. The summed E-state index contributed by atoms with van der Waals surface area (Å²) in [5.74, 6) is -0.387. The van der Waals surface area contributed by atoms with Crippen molar-refractivity contribution in [3.05, 3.63) is 70.3 Å². The molecule has 0 unspecified atom stereocenters. The van der Waals surface area contributed by atoms with E-state index in [9.17, 15) is 14.9 Å². The molecule has 2 aromatic rings. The van der Waals surface area contributed by atoms with Crippen molar-refractivity contribution < 1.29 is 14.5 Å². The number of non-ortho nitro benzene ring substituents is 1. The zero-order valence-corrected chi connectivity index (χ0v) is 12.1. The molecule has 0 radical (unpaired) electrons. The first kappa shape index (κ1) is 15.5. The van der Waals surface area contributed by atoms with E-state index in [0.717, 1.165) is 5.56 Å². The lowest BCUT2D eigenvalue weighted by molar-refractivity contribution is -0.384. The number of nitro benzene ring substituents is 1. The minimum atomic E-state index is -0.551. The van der Waals surface area contributed by atoms with Crippen LogP contribution in [0.15, 0.2) is 54.6 Å². The number of carbonyl (C=O) groups excluding carboxylic acids is 1. The molecule has 22 heavy (non-hydrogen) atoms. The predicted octanol–water partition coefficient (Wildman–Crippen LogP) is 3.14. The highest BCUT2D eigenvalue weighted by Gasteiger charge is 2.14. The van der Waals surface area contributed by atoms with Crippen LogP contribution in [0.5, 0.6) is 0 Å².